The van der Waals surface area contributed by atoms with Crippen LogP contribution in [0.4, 0.5) is 0 Å². The predicted octanol–water partition coefficient (Wildman–Crippen LogP) is 12.0. The van der Waals surface area contributed by atoms with E-state index in [1.54, 1.807) is 31.2 Å². The molecule has 8 aliphatic rings. The minimum absolute atomic E-state index is 0.0114. The highest BCUT2D eigenvalue weighted by Crippen LogP contribution is 2.76. The topological polar surface area (TPSA) is 238 Å². The van der Waals surface area contributed by atoms with Gasteiger partial charge in [-0.2, -0.15) is 0 Å². The van der Waals surface area contributed by atoms with Crippen molar-refractivity contribution in [3.8, 4) is 0 Å². The van der Waals surface area contributed by atoms with Crippen LogP contribution in [-0.4, -0.2) is 89.6 Å². The number of carboxylic acid groups (broad SMARTS) is 1. The summed E-state index contributed by atoms with van der Waals surface area (Å²) < 4.78 is 28.4. The van der Waals surface area contributed by atoms with Gasteiger partial charge < -0.3 is 38.0 Å². The Morgan fingerprint density at radius 1 is 0.731 bits per heavy atom. The highest BCUT2D eigenvalue weighted by atomic mass is 35.5. The minimum atomic E-state index is -1.63. The van der Waals surface area contributed by atoms with Gasteiger partial charge in [0, 0.05) is 22.3 Å². The number of ether oxygens (including phenoxy) is 2. The predicted molar refractivity (Wildman–Crippen MR) is 285 cm³/mol. The average Bonchev–Trinajstić information content (AvgIpc) is 4.38. The fourth-order valence-electron chi connectivity index (χ4n) is 17.6. The SMILES string of the molecule is C[C@@H]1CC2C3CCC4=CC(=O)C(O)=C(O)[C@]4(C)[C@@]3(Cl)CC[C@]2(C)[C@@]1(C(=O)CCl)c1ccoc1C(=O)O.C[C@@H]1C[C@H]2[C@@H]3CCC4=CC(=O)C=C[C@]4(C)C3(Cl)[C@@H](OC(=O)c3ccco3)C[C@]2(C)[C@@]1(OC(=O)c1ccco1)C(=O)CCl. The van der Waals surface area contributed by atoms with E-state index in [1.807, 2.05) is 40.7 Å². The highest BCUT2D eigenvalue weighted by molar-refractivity contribution is 6.30. The second-order valence-electron chi connectivity index (χ2n) is 23.8. The molecule has 19 heteroatoms. The highest BCUT2D eigenvalue weighted by Gasteiger charge is 2.78. The summed E-state index contributed by atoms with van der Waals surface area (Å²) in [6.07, 6.45) is 13.9. The Bertz CT molecular complexity index is 3150. The number of alkyl halides is 4. The van der Waals surface area contributed by atoms with Crippen molar-refractivity contribution in [2.75, 3.05) is 11.8 Å². The normalized spacial score (nSPS) is 40.1. The molecule has 15 nitrogen and oxygen atoms in total. The van der Waals surface area contributed by atoms with Crippen LogP contribution in [0.25, 0.3) is 0 Å². The largest absolute Gasteiger partial charge is 0.507 e. The number of carboxylic acids is 1. The summed E-state index contributed by atoms with van der Waals surface area (Å²) in [5, 5.41) is 31.3. The van der Waals surface area contributed by atoms with E-state index < -0.39 is 95.4 Å². The lowest BCUT2D eigenvalue weighted by Crippen LogP contribution is -2.70. The van der Waals surface area contributed by atoms with Gasteiger partial charge in [-0.3, -0.25) is 19.2 Å². The number of allylic oxidation sites excluding steroid dienone is 6. The zero-order valence-electron chi connectivity index (χ0n) is 44.0. The van der Waals surface area contributed by atoms with Crippen molar-refractivity contribution in [2.45, 2.75) is 126 Å². The van der Waals surface area contributed by atoms with Crippen LogP contribution in [0.3, 0.4) is 0 Å². The molecule has 0 aliphatic heterocycles. The van der Waals surface area contributed by atoms with Crippen molar-refractivity contribution in [2.24, 2.45) is 57.2 Å². The second kappa shape index (κ2) is 19.2. The van der Waals surface area contributed by atoms with E-state index in [9.17, 15) is 48.9 Å². The van der Waals surface area contributed by atoms with Crippen LogP contribution in [0.15, 0.2) is 109 Å². The molecule has 3 unspecified atom stereocenters. The van der Waals surface area contributed by atoms with Crippen LogP contribution in [0.2, 0.25) is 0 Å². The fourth-order valence-corrected chi connectivity index (χ4v) is 19.1. The molecule has 416 valence electrons. The molecule has 0 radical (unpaired) electrons. The number of carbonyl (C=O) groups is 7. The Morgan fingerprint density at radius 2 is 1.35 bits per heavy atom. The van der Waals surface area contributed by atoms with E-state index in [2.05, 4.69) is 0 Å². The van der Waals surface area contributed by atoms with E-state index in [0.29, 0.717) is 62.5 Å². The molecule has 3 heterocycles. The van der Waals surface area contributed by atoms with Gasteiger partial charge >= 0.3 is 17.9 Å². The number of aliphatic hydroxyl groups is 2. The number of aromatic carboxylic acids is 1. The Hall–Kier alpha value is -5.35. The Kier molecular flexibility index (Phi) is 13.7. The van der Waals surface area contributed by atoms with Crippen molar-refractivity contribution < 1.29 is 71.6 Å². The maximum absolute atomic E-state index is 13.9. The smallest absolute Gasteiger partial charge is 0.375 e. The minimum Gasteiger partial charge on any atom is -0.507 e. The summed E-state index contributed by atoms with van der Waals surface area (Å²) in [5.41, 5.74) is -4.53. The van der Waals surface area contributed by atoms with Crippen molar-refractivity contribution in [3.63, 3.8) is 0 Å². The lowest BCUT2D eigenvalue weighted by atomic mass is 9.43. The van der Waals surface area contributed by atoms with Crippen LogP contribution in [-0.2, 0) is 34.1 Å². The lowest BCUT2D eigenvalue weighted by molar-refractivity contribution is -0.177. The summed E-state index contributed by atoms with van der Waals surface area (Å²) in [6.45, 7) is 11.6. The van der Waals surface area contributed by atoms with Gasteiger partial charge in [-0.15, -0.1) is 46.4 Å². The number of Topliss-reactive ketones (excluding diaryl/α,β-unsaturated/α-hetero) is 2. The zero-order valence-corrected chi connectivity index (χ0v) is 47.0. The quantitative estimate of drug-likeness (QED) is 0.126. The molecule has 15 atom stereocenters. The molecule has 6 fully saturated rings. The third-order valence-electron chi connectivity index (χ3n) is 21.1. The van der Waals surface area contributed by atoms with E-state index in [4.69, 9.17) is 69.1 Å². The number of carbonyl (C=O) groups excluding carboxylic acids is 6. The fraction of sp³-hybridized carbons (Fsp3) is 0.542. The van der Waals surface area contributed by atoms with Gasteiger partial charge in [-0.25, -0.2) is 14.4 Å². The molecule has 11 rings (SSSR count). The number of furan rings is 3. The van der Waals surface area contributed by atoms with Gasteiger partial charge in [0.2, 0.25) is 28.8 Å². The summed E-state index contributed by atoms with van der Waals surface area (Å²) in [4.78, 5) is 89.1. The van der Waals surface area contributed by atoms with E-state index in [-0.39, 0.29) is 76.6 Å². The number of aliphatic hydroxyl groups excluding tert-OH is 2. The second-order valence-corrected chi connectivity index (χ2v) is 25.6. The molecule has 3 aromatic rings. The monoisotopic (exact) mass is 1150 g/mol. The first kappa shape index (κ1) is 55.9. The van der Waals surface area contributed by atoms with Crippen LogP contribution in [0.1, 0.15) is 137 Å². The molecule has 8 aliphatic carbocycles. The van der Waals surface area contributed by atoms with Crippen LogP contribution in [0, 0.1) is 57.2 Å². The van der Waals surface area contributed by atoms with E-state index >= 15 is 0 Å². The molecular formula is C59H62Cl4O15. The first-order valence-corrected chi connectivity index (χ1v) is 28.3. The van der Waals surface area contributed by atoms with Gasteiger partial charge in [0.15, 0.2) is 23.0 Å². The molecule has 0 saturated heterocycles. The summed E-state index contributed by atoms with van der Waals surface area (Å²) in [7, 11) is 0. The van der Waals surface area contributed by atoms with Crippen molar-refractivity contribution >= 4 is 87.4 Å². The van der Waals surface area contributed by atoms with Crippen LogP contribution >= 0.6 is 46.4 Å². The zero-order chi connectivity index (χ0) is 56.5. The van der Waals surface area contributed by atoms with Gasteiger partial charge in [0.05, 0.1) is 51.1 Å². The molecule has 3 aromatic heterocycles. The molecule has 0 amide bonds. The maximum atomic E-state index is 13.9. The van der Waals surface area contributed by atoms with Gasteiger partial charge in [0.25, 0.3) is 0 Å². The first-order valence-electron chi connectivity index (χ1n) is 26.5. The number of halogens is 4. The van der Waals surface area contributed by atoms with Crippen molar-refractivity contribution in [3.05, 3.63) is 119 Å². The summed E-state index contributed by atoms with van der Waals surface area (Å²) >= 11 is 27.8. The van der Waals surface area contributed by atoms with E-state index in [1.165, 1.54) is 43.1 Å². The number of hydrogen-bond donors (Lipinski definition) is 3. The van der Waals surface area contributed by atoms with E-state index in [0.717, 1.165) is 5.57 Å². The summed E-state index contributed by atoms with van der Waals surface area (Å²) in [5.74, 6) is -7.52. The maximum Gasteiger partial charge on any atom is 0.375 e. The Morgan fingerprint density at radius 3 is 1.97 bits per heavy atom. The lowest BCUT2D eigenvalue weighted by Gasteiger charge is -2.64. The van der Waals surface area contributed by atoms with Gasteiger partial charge in [-0.05, 0) is 148 Å². The van der Waals surface area contributed by atoms with Crippen molar-refractivity contribution in [1.82, 2.24) is 0 Å². The Labute approximate surface area is 470 Å². The third kappa shape index (κ3) is 7.23. The number of hydrogen-bond acceptors (Lipinski definition) is 14. The van der Waals surface area contributed by atoms with Crippen molar-refractivity contribution in [1.29, 1.82) is 0 Å². The standard InChI is InChI=1S/C32H32Cl2O8.C27H30Cl2O7/c1-18-14-22-21-9-8-19-15-20(35)10-11-29(19,2)31(21,34)26(41-27(37)23-6-4-12-39-23)16-30(22,3)32(18,25(36)17-33)42-28(38)24-7-5-13-40-24;1-13-10-17-15-5-4-14-11-18(30)20(32)22(33)25(14,3)26(15,29)8-7-24(17,2)27(13,19(31)12-28)16-6-9-36-21(16)23(34)35/h4-7,10-13,15,18,21-22,26H,8-9,14,16-17H2,1-3H3;6,9,11,13,15,17,32-33H,4-5,7-8,10,12H2,1-3H3,(H,34,35)/t18-,21+,22+,26+,29+,30+,31?,32+;13-,15?,17?,24+,25-,26-,27-/m11/s1. The number of ketones is 4. The molecule has 0 bridgehead atoms. The summed E-state index contributed by atoms with van der Waals surface area (Å²) in [6, 6.07) is 7.72. The molecule has 0 aromatic carbocycles. The van der Waals surface area contributed by atoms with Crippen LogP contribution < -0.4 is 0 Å². The number of fused-ring (bicyclic) bond motifs is 10. The molecular weight excluding hydrogens is 1090 g/mol. The number of rotatable bonds is 10. The molecule has 78 heavy (non-hydrogen) atoms. The molecule has 3 N–H and O–H groups in total. The molecule has 6 saturated carbocycles. The van der Waals surface area contributed by atoms with Gasteiger partial charge in [-0.1, -0.05) is 51.8 Å². The molecule has 0 spiro atoms. The Balaban J connectivity index is 0.000000179. The van der Waals surface area contributed by atoms with Crippen LogP contribution in [0.5, 0.6) is 0 Å². The average molecular weight is 1150 g/mol. The first-order chi connectivity index (χ1) is 36.7. The third-order valence-corrected chi connectivity index (χ3v) is 23.3. The number of esters is 2. The van der Waals surface area contributed by atoms with Gasteiger partial charge in [0.1, 0.15) is 11.9 Å².